The first kappa shape index (κ1) is 38.6. The van der Waals surface area contributed by atoms with Crippen molar-refractivity contribution in [2.45, 2.75) is 116 Å². The maximum atomic E-state index is 15.0. The molecule has 1 atom stereocenters. The van der Waals surface area contributed by atoms with Crippen molar-refractivity contribution >= 4 is 11.9 Å². The van der Waals surface area contributed by atoms with Crippen LogP contribution in [0.15, 0.2) is 60.7 Å². The second kappa shape index (κ2) is 14.3. The fraction of sp³-hybridized carbons (Fsp3) is 0.474. The Bertz CT molecular complexity index is 1610. The lowest BCUT2D eigenvalue weighted by atomic mass is 9.69. The Morgan fingerprint density at radius 3 is 1.67 bits per heavy atom. The molecule has 0 heterocycles. The maximum absolute atomic E-state index is 15.0. The molecule has 48 heavy (non-hydrogen) atoms. The molecule has 0 amide bonds. The molecule has 0 aliphatic rings. The fourth-order valence-electron chi connectivity index (χ4n) is 6.50. The van der Waals surface area contributed by atoms with E-state index in [4.69, 9.17) is 9.47 Å². The highest BCUT2D eigenvalue weighted by Gasteiger charge is 2.72. The molecule has 262 valence electrons. The zero-order chi connectivity index (χ0) is 36.3. The van der Waals surface area contributed by atoms with E-state index in [0.717, 1.165) is 43.5 Å². The Kier molecular flexibility index (Phi) is 11.5. The standard InChI is InChI=1S/C38H44F6O4/c1-9-19-34(6,7)48-33(46)27-14-12-13-26(23-27)32(45)47-31-18-16-29(22-25(31)5)36(37(39,40)41,38(42,43)44)28-15-17-30(24(4)21-28)35(8,11-3)20-10-2/h12-18,21-23H,9-11,19-20H2,1-8H3. The zero-order valence-electron chi connectivity index (χ0n) is 28.7. The lowest BCUT2D eigenvalue weighted by Gasteiger charge is -2.39. The molecule has 3 aromatic rings. The first-order valence-electron chi connectivity index (χ1n) is 16.1. The molecule has 0 aliphatic carbocycles. The third-order valence-electron chi connectivity index (χ3n) is 9.11. The molecule has 0 aliphatic heterocycles. The number of aryl methyl sites for hydroxylation is 2. The summed E-state index contributed by atoms with van der Waals surface area (Å²) in [4.78, 5) is 25.7. The molecule has 3 rings (SSSR count). The highest BCUT2D eigenvalue weighted by Crippen LogP contribution is 2.57. The molecule has 0 bridgehead atoms. The third-order valence-corrected chi connectivity index (χ3v) is 9.11. The normalized spacial score (nSPS) is 14.0. The van der Waals surface area contributed by atoms with Gasteiger partial charge in [-0.05, 0) is 104 Å². The molecule has 4 nitrogen and oxygen atoms in total. The average molecular weight is 679 g/mol. The SMILES string of the molecule is CCCC(C)(C)OC(=O)c1cccc(C(=O)Oc2ccc(C(c3ccc(C(C)(CC)CCC)c(C)c3)(C(F)(F)F)C(F)(F)F)cc2C)c1. The number of carbonyl (C=O) groups is 2. The molecule has 0 saturated heterocycles. The number of benzene rings is 3. The van der Waals surface area contributed by atoms with Crippen LogP contribution < -0.4 is 4.74 Å². The van der Waals surface area contributed by atoms with Crippen LogP contribution in [0.5, 0.6) is 5.75 Å². The Labute approximate surface area is 278 Å². The van der Waals surface area contributed by atoms with Gasteiger partial charge in [-0.25, -0.2) is 9.59 Å². The topological polar surface area (TPSA) is 52.6 Å². The lowest BCUT2D eigenvalue weighted by Crippen LogP contribution is -2.54. The molecular weight excluding hydrogens is 634 g/mol. The minimum absolute atomic E-state index is 0.0566. The number of carbonyl (C=O) groups excluding carboxylic acids is 2. The van der Waals surface area contributed by atoms with Crippen LogP contribution in [-0.2, 0) is 15.6 Å². The molecule has 0 saturated carbocycles. The first-order chi connectivity index (χ1) is 22.2. The lowest BCUT2D eigenvalue weighted by molar-refractivity contribution is -0.288. The van der Waals surface area contributed by atoms with Crippen LogP contribution in [0.25, 0.3) is 0 Å². The van der Waals surface area contributed by atoms with Gasteiger partial charge in [0.1, 0.15) is 11.4 Å². The van der Waals surface area contributed by atoms with E-state index in [0.29, 0.717) is 30.0 Å². The first-order valence-corrected chi connectivity index (χ1v) is 16.1. The van der Waals surface area contributed by atoms with E-state index in [-0.39, 0.29) is 22.4 Å². The molecule has 0 N–H and O–H groups in total. The van der Waals surface area contributed by atoms with Gasteiger partial charge in [0, 0.05) is 0 Å². The van der Waals surface area contributed by atoms with Crippen LogP contribution in [0.4, 0.5) is 26.3 Å². The van der Waals surface area contributed by atoms with Crippen LogP contribution in [0, 0.1) is 13.8 Å². The number of esters is 2. The van der Waals surface area contributed by atoms with Crippen molar-refractivity contribution in [2.75, 3.05) is 0 Å². The number of rotatable bonds is 12. The fourth-order valence-corrected chi connectivity index (χ4v) is 6.50. The van der Waals surface area contributed by atoms with Crippen molar-refractivity contribution in [3.05, 3.63) is 99.6 Å². The van der Waals surface area contributed by atoms with E-state index < -0.39 is 51.8 Å². The number of hydrogen-bond donors (Lipinski definition) is 0. The predicted molar refractivity (Wildman–Crippen MR) is 174 cm³/mol. The van der Waals surface area contributed by atoms with Gasteiger partial charge in [0.2, 0.25) is 5.41 Å². The van der Waals surface area contributed by atoms with Crippen molar-refractivity contribution < 1.29 is 45.4 Å². The van der Waals surface area contributed by atoms with Gasteiger partial charge in [-0.1, -0.05) is 76.9 Å². The van der Waals surface area contributed by atoms with Crippen LogP contribution in [-0.4, -0.2) is 29.9 Å². The summed E-state index contributed by atoms with van der Waals surface area (Å²) in [6.45, 7) is 14.1. The van der Waals surface area contributed by atoms with Crippen molar-refractivity contribution in [1.82, 2.24) is 0 Å². The monoisotopic (exact) mass is 678 g/mol. The van der Waals surface area contributed by atoms with E-state index >= 15 is 0 Å². The van der Waals surface area contributed by atoms with E-state index in [1.165, 1.54) is 44.2 Å². The third kappa shape index (κ3) is 7.73. The highest BCUT2D eigenvalue weighted by molar-refractivity contribution is 5.96. The summed E-state index contributed by atoms with van der Waals surface area (Å²) in [7, 11) is 0. The number of halogens is 6. The van der Waals surface area contributed by atoms with Crippen molar-refractivity contribution in [3.63, 3.8) is 0 Å². The summed E-state index contributed by atoms with van der Waals surface area (Å²) in [5.74, 6) is -1.85. The van der Waals surface area contributed by atoms with Crippen LogP contribution in [0.1, 0.15) is 122 Å². The molecule has 1 unspecified atom stereocenters. The van der Waals surface area contributed by atoms with E-state index in [2.05, 4.69) is 0 Å². The van der Waals surface area contributed by atoms with Gasteiger partial charge in [-0.3, -0.25) is 0 Å². The van der Waals surface area contributed by atoms with Crippen molar-refractivity contribution in [1.29, 1.82) is 0 Å². The van der Waals surface area contributed by atoms with Crippen molar-refractivity contribution in [3.8, 4) is 5.75 Å². The summed E-state index contributed by atoms with van der Waals surface area (Å²) in [6.07, 6.45) is -7.98. The van der Waals surface area contributed by atoms with Crippen LogP contribution in [0.2, 0.25) is 0 Å². The molecule has 0 fully saturated rings. The summed E-state index contributed by atoms with van der Waals surface area (Å²) in [5, 5.41) is 0. The second-order valence-electron chi connectivity index (χ2n) is 13.3. The maximum Gasteiger partial charge on any atom is 0.411 e. The minimum Gasteiger partial charge on any atom is -0.456 e. The Balaban J connectivity index is 2.05. The smallest absolute Gasteiger partial charge is 0.411 e. The molecule has 0 spiro atoms. The average Bonchev–Trinajstić information content (AvgIpc) is 2.97. The largest absolute Gasteiger partial charge is 0.456 e. The van der Waals surface area contributed by atoms with Gasteiger partial charge in [0.25, 0.3) is 0 Å². The Morgan fingerprint density at radius 1 is 0.667 bits per heavy atom. The quantitative estimate of drug-likeness (QED) is 0.109. The summed E-state index contributed by atoms with van der Waals surface area (Å²) in [6, 6.07) is 11.2. The minimum atomic E-state index is -5.78. The molecular formula is C38H44F6O4. The molecule has 3 aromatic carbocycles. The van der Waals surface area contributed by atoms with E-state index in [9.17, 15) is 35.9 Å². The second-order valence-corrected chi connectivity index (χ2v) is 13.3. The van der Waals surface area contributed by atoms with Crippen LogP contribution in [0.3, 0.4) is 0 Å². The van der Waals surface area contributed by atoms with Gasteiger partial charge < -0.3 is 9.47 Å². The van der Waals surface area contributed by atoms with E-state index in [1.54, 1.807) is 13.8 Å². The number of hydrogen-bond acceptors (Lipinski definition) is 4. The molecule has 0 aromatic heterocycles. The summed E-state index contributed by atoms with van der Waals surface area (Å²) >= 11 is 0. The van der Waals surface area contributed by atoms with Gasteiger partial charge in [-0.2, -0.15) is 26.3 Å². The highest BCUT2D eigenvalue weighted by atomic mass is 19.4. The van der Waals surface area contributed by atoms with Gasteiger partial charge in [0.15, 0.2) is 0 Å². The van der Waals surface area contributed by atoms with Crippen molar-refractivity contribution in [2.24, 2.45) is 0 Å². The molecule has 10 heteroatoms. The number of alkyl halides is 6. The predicted octanol–water partition coefficient (Wildman–Crippen LogP) is 11.1. The summed E-state index contributed by atoms with van der Waals surface area (Å²) in [5.41, 5.74) is -6.57. The zero-order valence-corrected chi connectivity index (χ0v) is 28.7. The summed E-state index contributed by atoms with van der Waals surface area (Å²) < 4.78 is 101. The Morgan fingerprint density at radius 2 is 1.19 bits per heavy atom. The van der Waals surface area contributed by atoms with Gasteiger partial charge >= 0.3 is 24.3 Å². The van der Waals surface area contributed by atoms with Crippen LogP contribution >= 0.6 is 0 Å². The molecule has 0 radical (unpaired) electrons. The van der Waals surface area contributed by atoms with Gasteiger partial charge in [0.05, 0.1) is 11.1 Å². The number of ether oxygens (including phenoxy) is 2. The van der Waals surface area contributed by atoms with E-state index in [1.807, 2.05) is 27.7 Å². The Hall–Kier alpha value is -3.82. The van der Waals surface area contributed by atoms with Gasteiger partial charge in [-0.15, -0.1) is 0 Å².